The molecule has 2 saturated heterocycles. The summed E-state index contributed by atoms with van der Waals surface area (Å²) in [6.07, 6.45) is 5.28. The van der Waals surface area contributed by atoms with Gasteiger partial charge in [0.1, 0.15) is 0 Å². The second-order valence-electron chi connectivity index (χ2n) is 5.64. The van der Waals surface area contributed by atoms with Crippen LogP contribution in [-0.2, 0) is 10.3 Å². The predicted molar refractivity (Wildman–Crippen MR) is 76.6 cm³/mol. The smallest absolute Gasteiger partial charge is 0.0607 e. The number of ether oxygens (including phenoxy) is 1. The number of halogens is 1. The fourth-order valence-electron chi connectivity index (χ4n) is 3.82. The van der Waals surface area contributed by atoms with E-state index in [-0.39, 0.29) is 5.54 Å². The first-order valence-corrected chi connectivity index (χ1v) is 7.47. The minimum absolute atomic E-state index is 0.199. The van der Waals surface area contributed by atoms with Gasteiger partial charge in [0.15, 0.2) is 0 Å². The van der Waals surface area contributed by atoms with Crippen LogP contribution in [0.2, 0.25) is 0 Å². The SMILES string of the molecule is COC1CC2CCC(c3ccc(Br)cc3)(C1)N2C. The summed E-state index contributed by atoms with van der Waals surface area (Å²) in [6, 6.07) is 9.53. The van der Waals surface area contributed by atoms with E-state index in [1.165, 1.54) is 24.8 Å². The average Bonchev–Trinajstić information content (AvgIpc) is 2.60. The van der Waals surface area contributed by atoms with E-state index in [2.05, 4.69) is 52.1 Å². The van der Waals surface area contributed by atoms with Crippen molar-refractivity contribution >= 4 is 15.9 Å². The fraction of sp³-hybridized carbons (Fsp3) is 0.600. The molecule has 2 bridgehead atoms. The predicted octanol–water partition coefficient (Wildman–Crippen LogP) is 3.55. The lowest BCUT2D eigenvalue weighted by Gasteiger charge is -2.46. The topological polar surface area (TPSA) is 12.5 Å². The number of nitrogens with zero attached hydrogens (tertiary/aromatic N) is 1. The van der Waals surface area contributed by atoms with E-state index in [0.29, 0.717) is 12.1 Å². The molecule has 98 valence electrons. The van der Waals surface area contributed by atoms with Crippen molar-refractivity contribution in [2.75, 3.05) is 14.2 Å². The van der Waals surface area contributed by atoms with E-state index < -0.39 is 0 Å². The molecule has 2 fully saturated rings. The highest BCUT2D eigenvalue weighted by Crippen LogP contribution is 2.50. The molecule has 3 atom stereocenters. The van der Waals surface area contributed by atoms with E-state index in [1.54, 1.807) is 0 Å². The van der Waals surface area contributed by atoms with E-state index in [0.717, 1.165) is 10.9 Å². The zero-order valence-corrected chi connectivity index (χ0v) is 12.6. The van der Waals surface area contributed by atoms with Gasteiger partial charge in [0, 0.05) is 23.2 Å². The second kappa shape index (κ2) is 4.62. The lowest BCUT2D eigenvalue weighted by molar-refractivity contribution is -0.0285. The zero-order valence-electron chi connectivity index (χ0n) is 11.0. The third-order valence-corrected chi connectivity index (χ3v) is 5.46. The van der Waals surface area contributed by atoms with Crippen molar-refractivity contribution in [3.05, 3.63) is 34.3 Å². The largest absolute Gasteiger partial charge is 0.381 e. The maximum absolute atomic E-state index is 5.65. The second-order valence-corrected chi connectivity index (χ2v) is 6.56. The number of hydrogen-bond donors (Lipinski definition) is 0. The lowest BCUT2D eigenvalue weighted by Crippen LogP contribution is -2.50. The molecular weight excluding hydrogens is 290 g/mol. The normalized spacial score (nSPS) is 35.9. The first-order chi connectivity index (χ1) is 8.65. The summed E-state index contributed by atoms with van der Waals surface area (Å²) in [7, 11) is 4.14. The molecule has 1 aromatic rings. The van der Waals surface area contributed by atoms with Crippen LogP contribution in [0.15, 0.2) is 28.7 Å². The van der Waals surface area contributed by atoms with Crippen molar-refractivity contribution in [3.63, 3.8) is 0 Å². The molecule has 0 spiro atoms. The molecule has 0 saturated carbocycles. The summed E-state index contributed by atoms with van der Waals surface area (Å²) >= 11 is 3.52. The zero-order chi connectivity index (χ0) is 12.8. The minimum Gasteiger partial charge on any atom is -0.381 e. The number of piperidine rings is 1. The van der Waals surface area contributed by atoms with Crippen molar-refractivity contribution in [2.45, 2.75) is 43.4 Å². The Morgan fingerprint density at radius 3 is 2.72 bits per heavy atom. The third-order valence-electron chi connectivity index (χ3n) is 4.93. The van der Waals surface area contributed by atoms with Gasteiger partial charge in [-0.05, 0) is 50.4 Å². The standard InChI is InChI=1S/C15H20BrNO/c1-17-13-7-8-15(17,10-14(9-13)18-2)11-3-5-12(16)6-4-11/h3-6,13-14H,7-10H2,1-2H3. The molecule has 0 N–H and O–H groups in total. The molecule has 0 aliphatic carbocycles. The molecule has 3 rings (SSSR count). The van der Waals surface area contributed by atoms with Crippen LogP contribution in [0.25, 0.3) is 0 Å². The molecule has 3 heteroatoms. The summed E-state index contributed by atoms with van der Waals surface area (Å²) in [6.45, 7) is 0. The number of benzene rings is 1. The monoisotopic (exact) mass is 309 g/mol. The Hall–Kier alpha value is -0.380. The first kappa shape index (κ1) is 12.6. The van der Waals surface area contributed by atoms with Gasteiger partial charge < -0.3 is 4.74 Å². The quantitative estimate of drug-likeness (QED) is 0.828. The Bertz CT molecular complexity index is 433. The van der Waals surface area contributed by atoms with Crippen molar-refractivity contribution in [3.8, 4) is 0 Å². The Labute approximate surface area is 117 Å². The Balaban J connectivity index is 1.98. The van der Waals surface area contributed by atoms with Crippen LogP contribution in [0, 0.1) is 0 Å². The Morgan fingerprint density at radius 1 is 1.33 bits per heavy atom. The summed E-state index contributed by atoms with van der Waals surface area (Å²) in [5.74, 6) is 0. The summed E-state index contributed by atoms with van der Waals surface area (Å²) in [4.78, 5) is 2.59. The van der Waals surface area contributed by atoms with E-state index in [4.69, 9.17) is 4.74 Å². The van der Waals surface area contributed by atoms with Gasteiger partial charge in [-0.15, -0.1) is 0 Å². The lowest BCUT2D eigenvalue weighted by atomic mass is 9.81. The molecule has 2 nitrogen and oxygen atoms in total. The fourth-order valence-corrected chi connectivity index (χ4v) is 4.08. The van der Waals surface area contributed by atoms with Crippen LogP contribution in [0.5, 0.6) is 0 Å². The molecule has 3 unspecified atom stereocenters. The van der Waals surface area contributed by atoms with Gasteiger partial charge in [-0.25, -0.2) is 0 Å². The highest BCUT2D eigenvalue weighted by molar-refractivity contribution is 9.10. The van der Waals surface area contributed by atoms with Crippen LogP contribution in [-0.4, -0.2) is 31.2 Å². The van der Waals surface area contributed by atoms with Crippen LogP contribution < -0.4 is 0 Å². The van der Waals surface area contributed by atoms with Crippen LogP contribution in [0.1, 0.15) is 31.2 Å². The Morgan fingerprint density at radius 2 is 2.06 bits per heavy atom. The van der Waals surface area contributed by atoms with Gasteiger partial charge in [0.05, 0.1) is 6.10 Å². The van der Waals surface area contributed by atoms with Gasteiger partial charge >= 0.3 is 0 Å². The molecule has 0 aromatic heterocycles. The van der Waals surface area contributed by atoms with Gasteiger partial charge in [-0.2, -0.15) is 0 Å². The molecule has 2 aliphatic rings. The molecule has 2 aliphatic heterocycles. The number of fused-ring (bicyclic) bond motifs is 2. The van der Waals surface area contributed by atoms with Gasteiger partial charge in [-0.3, -0.25) is 4.90 Å². The van der Waals surface area contributed by atoms with Crippen LogP contribution in [0.3, 0.4) is 0 Å². The summed E-state index contributed by atoms with van der Waals surface area (Å²) < 4.78 is 6.81. The molecule has 1 aromatic carbocycles. The maximum Gasteiger partial charge on any atom is 0.0607 e. The van der Waals surface area contributed by atoms with Gasteiger partial charge in [0.25, 0.3) is 0 Å². The van der Waals surface area contributed by atoms with Gasteiger partial charge in [-0.1, -0.05) is 28.1 Å². The Kier molecular flexibility index (Phi) is 3.25. The van der Waals surface area contributed by atoms with Crippen molar-refractivity contribution in [1.29, 1.82) is 0 Å². The average molecular weight is 310 g/mol. The highest BCUT2D eigenvalue weighted by Gasteiger charge is 2.50. The molecule has 0 amide bonds. The van der Waals surface area contributed by atoms with Crippen LogP contribution >= 0.6 is 15.9 Å². The summed E-state index contributed by atoms with van der Waals surface area (Å²) in [5, 5.41) is 0. The van der Waals surface area contributed by atoms with Crippen molar-refractivity contribution in [1.82, 2.24) is 4.90 Å². The molecule has 18 heavy (non-hydrogen) atoms. The van der Waals surface area contributed by atoms with Gasteiger partial charge in [0.2, 0.25) is 0 Å². The van der Waals surface area contributed by atoms with E-state index in [1.807, 2.05) is 7.11 Å². The molecule has 2 heterocycles. The molecule has 0 radical (unpaired) electrons. The molecular formula is C15H20BrNO. The number of rotatable bonds is 2. The number of hydrogen-bond acceptors (Lipinski definition) is 2. The van der Waals surface area contributed by atoms with Crippen molar-refractivity contribution < 1.29 is 4.74 Å². The van der Waals surface area contributed by atoms with E-state index in [9.17, 15) is 0 Å². The third kappa shape index (κ3) is 1.84. The highest BCUT2D eigenvalue weighted by atomic mass is 79.9. The van der Waals surface area contributed by atoms with Crippen LogP contribution in [0.4, 0.5) is 0 Å². The van der Waals surface area contributed by atoms with E-state index >= 15 is 0 Å². The number of methoxy groups -OCH3 is 1. The summed E-state index contributed by atoms with van der Waals surface area (Å²) in [5.41, 5.74) is 1.64. The minimum atomic E-state index is 0.199. The first-order valence-electron chi connectivity index (χ1n) is 6.67. The van der Waals surface area contributed by atoms with Crippen molar-refractivity contribution in [2.24, 2.45) is 0 Å². The maximum atomic E-state index is 5.65.